The molecule has 0 fully saturated rings. The first-order valence-electron chi connectivity index (χ1n) is 3.41. The number of aliphatic hydroxyl groups excluding tert-OH is 1. The average Bonchev–Trinajstić information content (AvgIpc) is 2.05. The van der Waals surface area contributed by atoms with Crippen LogP contribution in [0.2, 0.25) is 0 Å². The van der Waals surface area contributed by atoms with Crippen molar-refractivity contribution in [1.29, 1.82) is 0 Å². The predicted molar refractivity (Wildman–Crippen MR) is 40.6 cm³/mol. The normalized spacial score (nSPS) is 15.9. The molecule has 1 aromatic heterocycles. The molecule has 0 saturated carbocycles. The van der Waals surface area contributed by atoms with E-state index in [9.17, 15) is 0 Å². The molecule has 1 aromatic rings. The fourth-order valence-corrected chi connectivity index (χ4v) is 0.730. The molecule has 0 amide bonds. The second-order valence-electron chi connectivity index (χ2n) is 2.40. The first-order valence-corrected chi connectivity index (χ1v) is 3.41. The molecule has 11 heavy (non-hydrogen) atoms. The Morgan fingerprint density at radius 1 is 1.55 bits per heavy atom. The number of aliphatic hydroxyl groups is 1. The summed E-state index contributed by atoms with van der Waals surface area (Å²) < 4.78 is 0. The summed E-state index contributed by atoms with van der Waals surface area (Å²) >= 11 is 0. The highest BCUT2D eigenvalue weighted by Crippen LogP contribution is 2.08. The third kappa shape index (κ3) is 1.96. The molecule has 0 aliphatic heterocycles. The van der Waals surface area contributed by atoms with Gasteiger partial charge in [0.05, 0.1) is 24.0 Å². The van der Waals surface area contributed by atoms with Gasteiger partial charge in [0.25, 0.3) is 0 Å². The zero-order valence-corrected chi connectivity index (χ0v) is 6.31. The Morgan fingerprint density at radius 2 is 2.27 bits per heavy atom. The minimum absolute atomic E-state index is 0.441. The van der Waals surface area contributed by atoms with E-state index in [1.165, 1.54) is 0 Å². The van der Waals surface area contributed by atoms with Gasteiger partial charge in [0.15, 0.2) is 0 Å². The molecule has 3 N–H and O–H groups in total. The van der Waals surface area contributed by atoms with Gasteiger partial charge in [0, 0.05) is 12.4 Å². The fraction of sp³-hybridized carbons (Fsp3) is 0.429. The predicted octanol–water partition coefficient (Wildman–Crippen LogP) is -0.143. The van der Waals surface area contributed by atoms with Crippen molar-refractivity contribution in [1.82, 2.24) is 9.97 Å². The van der Waals surface area contributed by atoms with Gasteiger partial charge in [0.1, 0.15) is 0 Å². The molecule has 0 radical (unpaired) electrons. The van der Waals surface area contributed by atoms with Gasteiger partial charge in [-0.25, -0.2) is 0 Å². The smallest absolute Gasteiger partial charge is 0.0780 e. The number of hydrogen-bond donors (Lipinski definition) is 2. The van der Waals surface area contributed by atoms with Gasteiger partial charge >= 0.3 is 0 Å². The maximum Gasteiger partial charge on any atom is 0.0780 e. The molecular weight excluding hydrogens is 142 g/mol. The standard InChI is InChI=1S/C7H11N3O/c1-5(11)7(8)6-4-9-2-3-10-6/h2-5,7,11H,8H2,1H3/t5-,7-/m1/s1. The van der Waals surface area contributed by atoms with E-state index in [1.54, 1.807) is 25.5 Å². The maximum absolute atomic E-state index is 9.08. The third-order valence-electron chi connectivity index (χ3n) is 1.44. The largest absolute Gasteiger partial charge is 0.391 e. The first-order chi connectivity index (χ1) is 5.22. The number of nitrogens with two attached hydrogens (primary N) is 1. The summed E-state index contributed by atoms with van der Waals surface area (Å²) in [4.78, 5) is 7.79. The van der Waals surface area contributed by atoms with Crippen LogP contribution in [0.5, 0.6) is 0 Å². The van der Waals surface area contributed by atoms with Crippen LogP contribution in [-0.4, -0.2) is 21.2 Å². The van der Waals surface area contributed by atoms with Crippen molar-refractivity contribution >= 4 is 0 Å². The summed E-state index contributed by atoms with van der Waals surface area (Å²) in [7, 11) is 0. The van der Waals surface area contributed by atoms with Crippen LogP contribution >= 0.6 is 0 Å². The lowest BCUT2D eigenvalue weighted by Gasteiger charge is -2.12. The molecule has 1 rings (SSSR count). The van der Waals surface area contributed by atoms with Gasteiger partial charge in [0.2, 0.25) is 0 Å². The van der Waals surface area contributed by atoms with E-state index in [0.29, 0.717) is 5.69 Å². The molecule has 2 atom stereocenters. The lowest BCUT2D eigenvalue weighted by atomic mass is 10.1. The highest BCUT2D eigenvalue weighted by molar-refractivity contribution is 5.02. The SMILES string of the molecule is C[C@@H](O)[C@@H](N)c1cnccn1. The second kappa shape index (κ2) is 3.41. The highest BCUT2D eigenvalue weighted by Gasteiger charge is 2.12. The van der Waals surface area contributed by atoms with Gasteiger partial charge < -0.3 is 10.8 Å². The summed E-state index contributed by atoms with van der Waals surface area (Å²) in [5.74, 6) is 0. The molecule has 0 unspecified atom stereocenters. The molecule has 60 valence electrons. The quantitative estimate of drug-likeness (QED) is 0.620. The Kier molecular flexibility index (Phi) is 2.51. The van der Waals surface area contributed by atoms with Gasteiger partial charge in [-0.15, -0.1) is 0 Å². The van der Waals surface area contributed by atoms with Crippen LogP contribution in [0.25, 0.3) is 0 Å². The van der Waals surface area contributed by atoms with E-state index in [2.05, 4.69) is 9.97 Å². The Labute approximate surface area is 65.1 Å². The van der Waals surface area contributed by atoms with E-state index in [0.717, 1.165) is 0 Å². The molecule has 4 heteroatoms. The molecule has 0 aromatic carbocycles. The van der Waals surface area contributed by atoms with Crippen LogP contribution in [0, 0.1) is 0 Å². The number of nitrogens with zero attached hydrogens (tertiary/aromatic N) is 2. The van der Waals surface area contributed by atoms with Crippen LogP contribution < -0.4 is 5.73 Å². The average molecular weight is 153 g/mol. The minimum Gasteiger partial charge on any atom is -0.391 e. The first kappa shape index (κ1) is 8.10. The summed E-state index contributed by atoms with van der Waals surface area (Å²) in [6.45, 7) is 1.62. The van der Waals surface area contributed by atoms with Gasteiger partial charge in [-0.3, -0.25) is 9.97 Å². The van der Waals surface area contributed by atoms with Crippen LogP contribution in [0.4, 0.5) is 0 Å². The fourth-order valence-electron chi connectivity index (χ4n) is 0.730. The second-order valence-corrected chi connectivity index (χ2v) is 2.40. The molecule has 0 bridgehead atoms. The van der Waals surface area contributed by atoms with Crippen LogP contribution in [0.3, 0.4) is 0 Å². The summed E-state index contributed by atoms with van der Waals surface area (Å²) in [5.41, 5.74) is 6.20. The van der Waals surface area contributed by atoms with Gasteiger partial charge in [-0.2, -0.15) is 0 Å². The van der Waals surface area contributed by atoms with Crippen LogP contribution in [0.15, 0.2) is 18.6 Å². The zero-order chi connectivity index (χ0) is 8.27. The Morgan fingerprint density at radius 3 is 2.73 bits per heavy atom. The van der Waals surface area contributed by atoms with E-state index >= 15 is 0 Å². The van der Waals surface area contributed by atoms with E-state index in [-0.39, 0.29) is 0 Å². The van der Waals surface area contributed by atoms with Crippen molar-refractivity contribution in [3.8, 4) is 0 Å². The number of aromatic nitrogens is 2. The lowest BCUT2D eigenvalue weighted by molar-refractivity contribution is 0.162. The summed E-state index contributed by atoms with van der Waals surface area (Å²) in [5, 5.41) is 9.08. The van der Waals surface area contributed by atoms with Gasteiger partial charge in [-0.05, 0) is 6.92 Å². The summed E-state index contributed by atoms with van der Waals surface area (Å²) in [6.07, 6.45) is 4.08. The summed E-state index contributed by atoms with van der Waals surface area (Å²) in [6, 6.07) is -0.441. The Balaban J connectivity index is 2.77. The highest BCUT2D eigenvalue weighted by atomic mass is 16.3. The molecular formula is C7H11N3O. The number of rotatable bonds is 2. The van der Waals surface area contributed by atoms with Crippen molar-refractivity contribution in [2.45, 2.75) is 19.1 Å². The molecule has 0 aliphatic rings. The van der Waals surface area contributed by atoms with Crippen molar-refractivity contribution in [3.05, 3.63) is 24.3 Å². The van der Waals surface area contributed by atoms with E-state index < -0.39 is 12.1 Å². The molecule has 0 aliphatic carbocycles. The van der Waals surface area contributed by atoms with Crippen molar-refractivity contribution in [3.63, 3.8) is 0 Å². The van der Waals surface area contributed by atoms with Crippen molar-refractivity contribution in [2.24, 2.45) is 5.73 Å². The number of hydrogen-bond acceptors (Lipinski definition) is 4. The zero-order valence-electron chi connectivity index (χ0n) is 6.31. The Bertz CT molecular complexity index is 212. The van der Waals surface area contributed by atoms with E-state index in [1.807, 2.05) is 0 Å². The van der Waals surface area contributed by atoms with E-state index in [4.69, 9.17) is 10.8 Å². The van der Waals surface area contributed by atoms with Gasteiger partial charge in [-0.1, -0.05) is 0 Å². The third-order valence-corrected chi connectivity index (χ3v) is 1.44. The monoisotopic (exact) mass is 153 g/mol. The molecule has 0 saturated heterocycles. The maximum atomic E-state index is 9.08. The molecule has 0 spiro atoms. The molecule has 1 heterocycles. The van der Waals surface area contributed by atoms with Crippen LogP contribution in [0.1, 0.15) is 18.7 Å². The topological polar surface area (TPSA) is 72.0 Å². The van der Waals surface area contributed by atoms with Crippen LogP contribution in [-0.2, 0) is 0 Å². The lowest BCUT2D eigenvalue weighted by Crippen LogP contribution is -2.24. The molecule has 4 nitrogen and oxygen atoms in total. The Hall–Kier alpha value is -1.00. The van der Waals surface area contributed by atoms with Crippen molar-refractivity contribution in [2.75, 3.05) is 0 Å². The van der Waals surface area contributed by atoms with Crippen molar-refractivity contribution < 1.29 is 5.11 Å². The minimum atomic E-state index is -0.591.